The van der Waals surface area contributed by atoms with Crippen molar-refractivity contribution in [2.24, 2.45) is 0 Å². The van der Waals surface area contributed by atoms with Gasteiger partial charge in [0.15, 0.2) is 15.9 Å². The molecule has 1 aliphatic heterocycles. The van der Waals surface area contributed by atoms with E-state index in [2.05, 4.69) is 5.32 Å². The molecule has 9 heteroatoms. The number of hydrogen-bond acceptors (Lipinski definition) is 5. The van der Waals surface area contributed by atoms with Crippen molar-refractivity contribution in [2.45, 2.75) is 18.9 Å². The second-order valence-electron chi connectivity index (χ2n) is 4.37. The summed E-state index contributed by atoms with van der Waals surface area (Å²) in [6, 6.07) is -0.435. The molecule has 1 aliphatic rings. The Kier molecular flexibility index (Phi) is 5.55. The van der Waals surface area contributed by atoms with E-state index >= 15 is 0 Å². The van der Waals surface area contributed by atoms with Crippen molar-refractivity contribution in [3.8, 4) is 0 Å². The molecule has 0 aromatic rings. The zero-order chi connectivity index (χ0) is 14.5. The lowest BCUT2D eigenvalue weighted by atomic mass is 10.2. The molecule has 3 N–H and O–H groups in total. The highest BCUT2D eigenvalue weighted by Crippen LogP contribution is 2.05. The van der Waals surface area contributed by atoms with Crippen LogP contribution in [-0.4, -0.2) is 72.8 Å². The molecule has 1 heterocycles. The number of carboxylic acids is 1. The van der Waals surface area contributed by atoms with Gasteiger partial charge in [0.1, 0.15) is 0 Å². The van der Waals surface area contributed by atoms with Gasteiger partial charge in [-0.05, 0) is 6.42 Å². The summed E-state index contributed by atoms with van der Waals surface area (Å²) in [5.41, 5.74) is 0. The maximum atomic E-state index is 11.7. The number of rotatable bonds is 4. The van der Waals surface area contributed by atoms with Gasteiger partial charge >= 0.3 is 12.0 Å². The summed E-state index contributed by atoms with van der Waals surface area (Å²) in [6.45, 7) is 0.512. The van der Waals surface area contributed by atoms with E-state index < -0.39 is 27.9 Å². The number of amides is 2. The molecule has 0 spiro atoms. The van der Waals surface area contributed by atoms with Gasteiger partial charge in [0, 0.05) is 26.1 Å². The molecule has 0 aromatic heterocycles. The van der Waals surface area contributed by atoms with Crippen molar-refractivity contribution < 1.29 is 28.2 Å². The fourth-order valence-corrected chi connectivity index (χ4v) is 2.96. The highest BCUT2D eigenvalue weighted by molar-refractivity contribution is 7.91. The molecular weight excluding hydrogens is 276 g/mol. The number of carboxylic acid groups (broad SMARTS) is 1. The van der Waals surface area contributed by atoms with Crippen LogP contribution in [0.25, 0.3) is 0 Å². The Morgan fingerprint density at radius 3 is 2.58 bits per heavy atom. The Morgan fingerprint density at radius 1 is 1.26 bits per heavy atom. The average Bonchev–Trinajstić information content (AvgIpc) is 2.49. The molecule has 19 heavy (non-hydrogen) atoms. The minimum absolute atomic E-state index is 0.0234. The minimum Gasteiger partial charge on any atom is -0.479 e. The topological polar surface area (TPSA) is 124 Å². The van der Waals surface area contributed by atoms with Crippen molar-refractivity contribution in [3.05, 3.63) is 0 Å². The molecule has 2 amide bonds. The van der Waals surface area contributed by atoms with Gasteiger partial charge in [-0.15, -0.1) is 0 Å². The molecule has 1 unspecified atom stereocenters. The van der Waals surface area contributed by atoms with Gasteiger partial charge in [-0.1, -0.05) is 0 Å². The van der Waals surface area contributed by atoms with Crippen molar-refractivity contribution >= 4 is 21.8 Å². The minimum atomic E-state index is -3.07. The smallest absolute Gasteiger partial charge is 0.332 e. The van der Waals surface area contributed by atoms with Crippen LogP contribution in [0.2, 0.25) is 0 Å². The summed E-state index contributed by atoms with van der Waals surface area (Å²) in [5, 5.41) is 19.9. The predicted octanol–water partition coefficient (Wildman–Crippen LogP) is -1.35. The summed E-state index contributed by atoms with van der Waals surface area (Å²) >= 11 is 0. The number of urea groups is 1. The van der Waals surface area contributed by atoms with Crippen LogP contribution >= 0.6 is 0 Å². The van der Waals surface area contributed by atoms with Gasteiger partial charge in [-0.2, -0.15) is 0 Å². The number of carbonyl (C=O) groups is 2. The second kappa shape index (κ2) is 6.71. The summed E-state index contributed by atoms with van der Waals surface area (Å²) in [4.78, 5) is 23.4. The van der Waals surface area contributed by atoms with Crippen LogP contribution in [0.5, 0.6) is 0 Å². The first-order valence-corrected chi connectivity index (χ1v) is 7.78. The molecule has 0 aliphatic carbocycles. The maximum absolute atomic E-state index is 11.7. The number of hydrogen-bond donors (Lipinski definition) is 3. The third-order valence-electron chi connectivity index (χ3n) is 2.82. The van der Waals surface area contributed by atoms with Gasteiger partial charge in [0.05, 0.1) is 11.5 Å². The van der Waals surface area contributed by atoms with Crippen molar-refractivity contribution in [1.82, 2.24) is 10.2 Å². The second-order valence-corrected chi connectivity index (χ2v) is 6.67. The summed E-state index contributed by atoms with van der Waals surface area (Å²) < 4.78 is 22.7. The Labute approximate surface area is 111 Å². The summed E-state index contributed by atoms with van der Waals surface area (Å²) in [5.74, 6) is -1.32. The first kappa shape index (κ1) is 15.7. The third kappa shape index (κ3) is 5.43. The van der Waals surface area contributed by atoms with Gasteiger partial charge in [-0.3, -0.25) is 0 Å². The lowest BCUT2D eigenvalue weighted by Crippen LogP contribution is -2.42. The molecule has 0 saturated carbocycles. The maximum Gasteiger partial charge on any atom is 0.332 e. The van der Waals surface area contributed by atoms with E-state index in [4.69, 9.17) is 10.2 Å². The molecule has 110 valence electrons. The van der Waals surface area contributed by atoms with Crippen LogP contribution in [0.1, 0.15) is 12.8 Å². The molecule has 8 nitrogen and oxygen atoms in total. The first-order valence-electron chi connectivity index (χ1n) is 5.96. The van der Waals surface area contributed by atoms with Crippen LogP contribution in [0.15, 0.2) is 0 Å². The molecule has 1 rings (SSSR count). The zero-order valence-corrected chi connectivity index (χ0v) is 11.2. The predicted molar refractivity (Wildman–Crippen MR) is 66.5 cm³/mol. The van der Waals surface area contributed by atoms with E-state index in [0.29, 0.717) is 13.0 Å². The van der Waals surface area contributed by atoms with Gasteiger partial charge in [0.2, 0.25) is 0 Å². The largest absolute Gasteiger partial charge is 0.479 e. The molecular formula is C10H18N2O6S. The van der Waals surface area contributed by atoms with Crippen molar-refractivity contribution in [1.29, 1.82) is 0 Å². The standard InChI is InChI=1S/C10H18N2O6S/c13-8(9(14)15)2-3-11-10(16)12-4-1-6-19(17,18)7-5-12/h8,13H,1-7H2,(H,11,16)(H,14,15). The SMILES string of the molecule is O=C(O)C(O)CCNC(=O)N1CCCS(=O)(=O)CC1. The van der Waals surface area contributed by atoms with Gasteiger partial charge in [0.25, 0.3) is 0 Å². The van der Waals surface area contributed by atoms with Crippen LogP contribution in [0, 0.1) is 0 Å². The lowest BCUT2D eigenvalue weighted by Gasteiger charge is -2.20. The molecule has 1 atom stereocenters. The van der Waals surface area contributed by atoms with Crippen LogP contribution in [-0.2, 0) is 14.6 Å². The van der Waals surface area contributed by atoms with Crippen molar-refractivity contribution in [2.75, 3.05) is 31.1 Å². The third-order valence-corrected chi connectivity index (χ3v) is 4.54. The molecule has 1 saturated heterocycles. The monoisotopic (exact) mass is 294 g/mol. The zero-order valence-electron chi connectivity index (χ0n) is 10.4. The van der Waals surface area contributed by atoms with Crippen LogP contribution < -0.4 is 5.32 Å². The van der Waals surface area contributed by atoms with Gasteiger partial charge < -0.3 is 20.4 Å². The summed E-state index contributed by atoms with van der Waals surface area (Å²) in [7, 11) is -3.07. The van der Waals surface area contributed by atoms with E-state index in [9.17, 15) is 18.0 Å². The Bertz CT molecular complexity index is 435. The lowest BCUT2D eigenvalue weighted by molar-refractivity contribution is -0.146. The molecule has 0 aromatic carbocycles. The number of sulfone groups is 1. The molecule has 0 bridgehead atoms. The Balaban J connectivity index is 2.35. The van der Waals surface area contributed by atoms with E-state index in [1.165, 1.54) is 4.90 Å². The van der Waals surface area contributed by atoms with E-state index in [1.54, 1.807) is 0 Å². The van der Waals surface area contributed by atoms with E-state index in [-0.39, 0.29) is 31.0 Å². The number of aliphatic hydroxyl groups excluding tert-OH is 1. The fourth-order valence-electron chi connectivity index (χ4n) is 1.69. The molecule has 1 fully saturated rings. The normalized spacial score (nSPS) is 20.4. The highest BCUT2D eigenvalue weighted by atomic mass is 32.2. The quantitative estimate of drug-likeness (QED) is 0.589. The van der Waals surface area contributed by atoms with Crippen LogP contribution in [0.4, 0.5) is 4.79 Å². The van der Waals surface area contributed by atoms with E-state index in [1.807, 2.05) is 0 Å². The number of carbonyl (C=O) groups excluding carboxylic acids is 1. The fraction of sp³-hybridized carbons (Fsp3) is 0.800. The van der Waals surface area contributed by atoms with Crippen LogP contribution in [0.3, 0.4) is 0 Å². The number of nitrogens with zero attached hydrogens (tertiary/aromatic N) is 1. The average molecular weight is 294 g/mol. The Hall–Kier alpha value is -1.35. The number of aliphatic carboxylic acids is 1. The van der Waals surface area contributed by atoms with Crippen molar-refractivity contribution in [3.63, 3.8) is 0 Å². The highest BCUT2D eigenvalue weighted by Gasteiger charge is 2.22. The summed E-state index contributed by atoms with van der Waals surface area (Å²) in [6.07, 6.45) is -1.20. The molecule has 0 radical (unpaired) electrons. The Morgan fingerprint density at radius 2 is 1.95 bits per heavy atom. The van der Waals surface area contributed by atoms with Gasteiger partial charge in [-0.25, -0.2) is 18.0 Å². The number of aliphatic hydroxyl groups is 1. The van der Waals surface area contributed by atoms with E-state index in [0.717, 1.165) is 0 Å². The first-order chi connectivity index (χ1) is 8.82. The number of nitrogens with one attached hydrogen (secondary N) is 1.